The number of ether oxygens (including phenoxy) is 1. The van der Waals surface area contributed by atoms with Gasteiger partial charge in [0, 0.05) is 73.2 Å². The van der Waals surface area contributed by atoms with Crippen LogP contribution in [-0.2, 0) is 65.4 Å². The fourth-order valence-corrected chi connectivity index (χ4v) is 8.94. The first-order valence-electron chi connectivity index (χ1n) is 19.9. The summed E-state index contributed by atoms with van der Waals surface area (Å²) in [7, 11) is -27.7. The van der Waals surface area contributed by atoms with Crippen LogP contribution in [0, 0.1) is 13.8 Å². The lowest BCUT2D eigenvalue weighted by molar-refractivity contribution is -0.440. The zero-order valence-corrected chi connectivity index (χ0v) is 42.2. The molecule has 2 amide bonds. The summed E-state index contributed by atoms with van der Waals surface area (Å²) in [4.78, 5) is 40.4. The molecular formula is C37H53N4O22S6+. The van der Waals surface area contributed by atoms with Gasteiger partial charge in [-0.05, 0) is 63.5 Å². The zero-order chi connectivity index (χ0) is 52.9. The van der Waals surface area contributed by atoms with E-state index in [4.69, 9.17) is 18.4 Å². The number of carbonyl (C=O) groups is 3. The quantitative estimate of drug-likeness (QED) is 0.0153. The third-order valence-corrected chi connectivity index (χ3v) is 14.2. The molecule has 0 aliphatic rings. The molecule has 8 N–H and O–H groups in total. The van der Waals surface area contributed by atoms with E-state index in [0.717, 1.165) is 18.2 Å². The standard InChI is InChI=1S/C37H52N4O22S6/c1-25(40(13-6-16-64(45,46)47)33-22-29(35(42)38-11-19-67(54,55)56)21-31(27(33)3)36(43)39-12-20-68(57,58)59)9-5-10-26(2)41(14-7-17-65(48,49)50)34-24-30(69(60,61)62)23-32(28(34)4)37(44)63-15-8-18-66(51,52)53/h5,9-10,21-24H,6-8,11-20H2,1-4H3,(H7-,38,39,42,43,45,46,47,48,49,50,51,52,53,54,55,56,57,58,59,60,61,62)/p+1. The van der Waals surface area contributed by atoms with Crippen molar-refractivity contribution in [3.63, 3.8) is 0 Å². The fourth-order valence-electron chi connectivity index (χ4n) is 6.22. The molecular weight excluding hydrogens is 1040 g/mol. The molecule has 0 saturated heterocycles. The smallest absolute Gasteiger partial charge is 0.338 e. The van der Waals surface area contributed by atoms with Crippen molar-refractivity contribution in [2.24, 2.45) is 0 Å². The largest absolute Gasteiger partial charge is 0.462 e. The Morgan fingerprint density at radius 1 is 0.638 bits per heavy atom. The van der Waals surface area contributed by atoms with E-state index >= 15 is 0 Å². The molecule has 0 radical (unpaired) electrons. The molecule has 0 aliphatic heterocycles. The highest BCUT2D eigenvalue weighted by Gasteiger charge is 2.27. The minimum Gasteiger partial charge on any atom is -0.462 e. The van der Waals surface area contributed by atoms with E-state index in [9.17, 15) is 78.5 Å². The molecule has 0 aromatic heterocycles. The summed E-state index contributed by atoms with van der Waals surface area (Å²) in [5.74, 6) is -7.25. The molecule has 0 fully saturated rings. The Bertz CT molecular complexity index is 3060. The van der Waals surface area contributed by atoms with Gasteiger partial charge < -0.3 is 20.3 Å². The van der Waals surface area contributed by atoms with Crippen molar-refractivity contribution in [2.45, 2.75) is 51.9 Å². The molecule has 0 saturated carbocycles. The molecule has 69 heavy (non-hydrogen) atoms. The summed E-state index contributed by atoms with van der Waals surface area (Å²) in [6, 6.07) is 4.03. The van der Waals surface area contributed by atoms with Crippen LogP contribution in [0.25, 0.3) is 0 Å². The zero-order valence-electron chi connectivity index (χ0n) is 37.3. The van der Waals surface area contributed by atoms with Crippen LogP contribution in [0.1, 0.15) is 75.3 Å². The van der Waals surface area contributed by atoms with E-state index in [0.29, 0.717) is 0 Å². The van der Waals surface area contributed by atoms with Gasteiger partial charge in [-0.3, -0.25) is 36.9 Å². The Hall–Kier alpha value is -4.74. The summed E-state index contributed by atoms with van der Waals surface area (Å²) in [6.07, 6.45) is 3.24. The van der Waals surface area contributed by atoms with E-state index in [-0.39, 0.29) is 77.4 Å². The number of anilines is 1. The van der Waals surface area contributed by atoms with Crippen LogP contribution in [0.5, 0.6) is 0 Å². The first-order chi connectivity index (χ1) is 31.4. The van der Waals surface area contributed by atoms with Crippen LogP contribution in [0.15, 0.2) is 53.1 Å². The lowest BCUT2D eigenvalue weighted by Gasteiger charge is -2.28. The third kappa shape index (κ3) is 22.3. The molecule has 2 aromatic carbocycles. The van der Waals surface area contributed by atoms with Gasteiger partial charge in [-0.1, -0.05) is 6.08 Å². The molecule has 26 nitrogen and oxygen atoms in total. The minimum absolute atomic E-state index is 0.00808. The van der Waals surface area contributed by atoms with E-state index in [1.54, 1.807) is 0 Å². The van der Waals surface area contributed by atoms with Gasteiger partial charge in [-0.25, -0.2) is 4.79 Å². The Morgan fingerprint density at radius 2 is 1.14 bits per heavy atom. The van der Waals surface area contributed by atoms with Crippen LogP contribution < -0.4 is 15.5 Å². The van der Waals surface area contributed by atoms with Gasteiger partial charge >= 0.3 is 5.97 Å². The van der Waals surface area contributed by atoms with E-state index in [2.05, 4.69) is 10.6 Å². The maximum Gasteiger partial charge on any atom is 0.338 e. The number of esters is 1. The number of rotatable bonds is 27. The second-order valence-corrected chi connectivity index (χ2v) is 24.3. The number of carbonyl (C=O) groups excluding carboxylic acids is 3. The van der Waals surface area contributed by atoms with E-state index in [1.807, 2.05) is 0 Å². The van der Waals surface area contributed by atoms with Crippen molar-refractivity contribution in [1.29, 1.82) is 0 Å². The third-order valence-electron chi connectivity index (χ3n) is 9.51. The molecule has 32 heteroatoms. The first-order valence-corrected chi connectivity index (χ1v) is 29.4. The van der Waals surface area contributed by atoms with Crippen LogP contribution in [-0.4, -0.2) is 167 Å². The first kappa shape index (κ1) is 60.4. The predicted octanol–water partition coefficient (Wildman–Crippen LogP) is 0.847. The van der Waals surface area contributed by atoms with Gasteiger partial charge in [-0.15, -0.1) is 0 Å². The van der Waals surface area contributed by atoms with E-state index in [1.165, 1.54) is 61.5 Å². The van der Waals surface area contributed by atoms with Crippen LogP contribution in [0.4, 0.5) is 11.4 Å². The van der Waals surface area contributed by atoms with Gasteiger partial charge in [0.25, 0.3) is 72.5 Å². The molecule has 2 rings (SSSR count). The minimum atomic E-state index is -5.07. The Labute approximate surface area is 400 Å². The summed E-state index contributed by atoms with van der Waals surface area (Å²) in [5, 5.41) is 4.55. The number of hydrogen-bond acceptors (Lipinski definition) is 17. The van der Waals surface area contributed by atoms with Gasteiger partial charge in [-0.2, -0.15) is 55.1 Å². The SMILES string of the molecule is C\C(=C/C=C/C(C)=[N+](\CCCS(=O)(=O)O)c1cc(C(=O)NCCS(=O)(=O)O)cc(C(=O)NCCS(=O)(=O)O)c1C)N(CCCS(=O)(=O)O)c1cc(S(=O)(=O)O)cc(C(=O)OCCCS(=O)(=O)O)c1C. The number of nitrogens with one attached hydrogen (secondary N) is 2. The molecule has 0 unspecified atom stereocenters. The van der Waals surface area contributed by atoms with Gasteiger partial charge in [0.15, 0.2) is 5.71 Å². The van der Waals surface area contributed by atoms with E-state index < -0.39 is 137 Å². The number of nitrogens with zero attached hydrogens (tertiary/aromatic N) is 2. The monoisotopic (exact) mass is 1100 g/mol. The maximum absolute atomic E-state index is 13.4. The molecule has 0 heterocycles. The summed E-state index contributed by atoms with van der Waals surface area (Å²) in [6.45, 7) is 3.39. The van der Waals surface area contributed by atoms with Crippen molar-refractivity contribution >= 4 is 95.6 Å². The van der Waals surface area contributed by atoms with Crippen molar-refractivity contribution in [3.05, 3.63) is 76.0 Å². The maximum atomic E-state index is 13.4. The number of benzene rings is 2. The summed E-state index contributed by atoms with van der Waals surface area (Å²) in [5.41, 5.74) is -0.527. The van der Waals surface area contributed by atoms with Crippen molar-refractivity contribution < 1.29 is 102 Å². The highest BCUT2D eigenvalue weighted by molar-refractivity contribution is 7.87. The van der Waals surface area contributed by atoms with Crippen molar-refractivity contribution in [3.8, 4) is 0 Å². The lowest BCUT2D eigenvalue weighted by atomic mass is 10.00. The normalized spacial score (nSPS) is 13.5. The molecule has 2 aromatic rings. The summed E-state index contributed by atoms with van der Waals surface area (Å²) >= 11 is 0. The van der Waals surface area contributed by atoms with Crippen LogP contribution >= 0.6 is 0 Å². The van der Waals surface area contributed by atoms with Crippen LogP contribution in [0.3, 0.4) is 0 Å². The molecule has 0 bridgehead atoms. The van der Waals surface area contributed by atoms with Gasteiger partial charge in [0.2, 0.25) is 5.69 Å². The second-order valence-electron chi connectivity index (χ2n) is 15.0. The summed E-state index contributed by atoms with van der Waals surface area (Å²) < 4.78 is 202. The fraction of sp³-hybridized carbons (Fsp3) is 0.459. The highest BCUT2D eigenvalue weighted by Crippen LogP contribution is 2.32. The average molecular weight is 1100 g/mol. The Kier molecular flexibility index (Phi) is 21.8. The average Bonchev–Trinajstić information content (AvgIpc) is 3.17. The second kappa shape index (κ2) is 24.9. The van der Waals surface area contributed by atoms with Crippen molar-refractivity contribution in [2.75, 3.05) is 66.5 Å². The predicted molar refractivity (Wildman–Crippen MR) is 249 cm³/mol. The molecule has 388 valence electrons. The number of amides is 2. The molecule has 0 atom stereocenters. The molecule has 0 spiro atoms. The Balaban J connectivity index is 2.91. The lowest BCUT2D eigenvalue weighted by Crippen LogP contribution is -2.31. The Morgan fingerprint density at radius 3 is 1.67 bits per heavy atom. The van der Waals surface area contributed by atoms with Crippen molar-refractivity contribution in [1.82, 2.24) is 10.6 Å². The number of hydrogen-bond donors (Lipinski definition) is 8. The van der Waals surface area contributed by atoms with Gasteiger partial charge in [0.05, 0.1) is 45.8 Å². The van der Waals surface area contributed by atoms with Gasteiger partial charge in [0.1, 0.15) is 6.54 Å². The number of allylic oxidation sites excluding steroid dienone is 4. The van der Waals surface area contributed by atoms with Crippen LogP contribution in [0.2, 0.25) is 0 Å². The molecule has 0 aliphatic carbocycles. The topological polar surface area (TPSA) is 417 Å². The highest BCUT2D eigenvalue weighted by atomic mass is 32.2.